The lowest BCUT2D eigenvalue weighted by Crippen LogP contribution is -2.03. The molecule has 0 amide bonds. The molecule has 0 bridgehead atoms. The topological polar surface area (TPSA) is 30.5 Å². The standard InChI is InChI=1S/C16H17ClINO2/c1-10-12(17)5-4-6-14(10)19-9-11-7-13(18)16(21-3)15(8-11)20-2/h4-8,19H,9H2,1-3H3. The predicted octanol–water partition coefficient (Wildman–Crippen LogP) is 4.88. The molecule has 0 aliphatic rings. The molecule has 2 rings (SSSR count). The molecule has 112 valence electrons. The van der Waals surface area contributed by atoms with Crippen molar-refractivity contribution >= 4 is 39.9 Å². The molecule has 0 heterocycles. The summed E-state index contributed by atoms with van der Waals surface area (Å²) in [6.07, 6.45) is 0. The summed E-state index contributed by atoms with van der Waals surface area (Å²) in [7, 11) is 3.29. The van der Waals surface area contributed by atoms with Crippen molar-refractivity contribution in [1.82, 2.24) is 0 Å². The van der Waals surface area contributed by atoms with Crippen LogP contribution in [0.3, 0.4) is 0 Å². The minimum atomic E-state index is 0.692. The molecule has 1 N–H and O–H groups in total. The molecule has 21 heavy (non-hydrogen) atoms. The van der Waals surface area contributed by atoms with Crippen molar-refractivity contribution in [2.45, 2.75) is 13.5 Å². The molecule has 0 saturated heterocycles. The molecule has 0 saturated carbocycles. The van der Waals surface area contributed by atoms with Crippen molar-refractivity contribution < 1.29 is 9.47 Å². The molecule has 2 aromatic carbocycles. The van der Waals surface area contributed by atoms with Gasteiger partial charge in [0.15, 0.2) is 11.5 Å². The van der Waals surface area contributed by atoms with Gasteiger partial charge in [0.05, 0.1) is 17.8 Å². The second-order valence-electron chi connectivity index (χ2n) is 4.58. The van der Waals surface area contributed by atoms with E-state index in [9.17, 15) is 0 Å². The Morgan fingerprint density at radius 2 is 1.95 bits per heavy atom. The molecule has 0 atom stereocenters. The maximum Gasteiger partial charge on any atom is 0.174 e. The number of hydrogen-bond donors (Lipinski definition) is 1. The van der Waals surface area contributed by atoms with Gasteiger partial charge in [-0.3, -0.25) is 0 Å². The van der Waals surface area contributed by atoms with Gasteiger partial charge in [-0.2, -0.15) is 0 Å². The Labute approximate surface area is 143 Å². The highest BCUT2D eigenvalue weighted by molar-refractivity contribution is 14.1. The molecule has 5 heteroatoms. The van der Waals surface area contributed by atoms with Crippen LogP contribution < -0.4 is 14.8 Å². The molecule has 0 unspecified atom stereocenters. The molecular weight excluding hydrogens is 401 g/mol. The highest BCUT2D eigenvalue weighted by Gasteiger charge is 2.10. The molecule has 0 fully saturated rings. The minimum Gasteiger partial charge on any atom is -0.493 e. The number of anilines is 1. The van der Waals surface area contributed by atoms with Crippen LogP contribution >= 0.6 is 34.2 Å². The Balaban J connectivity index is 2.20. The lowest BCUT2D eigenvalue weighted by Gasteiger charge is -2.14. The van der Waals surface area contributed by atoms with E-state index in [0.29, 0.717) is 6.54 Å². The summed E-state index contributed by atoms with van der Waals surface area (Å²) >= 11 is 8.38. The van der Waals surface area contributed by atoms with Gasteiger partial charge < -0.3 is 14.8 Å². The first-order valence-electron chi connectivity index (χ1n) is 6.46. The van der Waals surface area contributed by atoms with Gasteiger partial charge in [0.2, 0.25) is 0 Å². The lowest BCUT2D eigenvalue weighted by atomic mass is 10.1. The second-order valence-corrected chi connectivity index (χ2v) is 6.15. The van der Waals surface area contributed by atoms with E-state index in [1.54, 1.807) is 14.2 Å². The second kappa shape index (κ2) is 7.22. The first kappa shape index (κ1) is 16.2. The molecule has 2 aromatic rings. The van der Waals surface area contributed by atoms with Gasteiger partial charge in [0.1, 0.15) is 0 Å². The van der Waals surface area contributed by atoms with Crippen LogP contribution in [0.1, 0.15) is 11.1 Å². The van der Waals surface area contributed by atoms with Gasteiger partial charge in [-0.1, -0.05) is 17.7 Å². The number of nitrogens with one attached hydrogen (secondary N) is 1. The Morgan fingerprint density at radius 3 is 2.62 bits per heavy atom. The normalized spacial score (nSPS) is 10.3. The van der Waals surface area contributed by atoms with Crippen LogP contribution in [0.5, 0.6) is 11.5 Å². The van der Waals surface area contributed by atoms with Crippen LogP contribution in [0.2, 0.25) is 5.02 Å². The fourth-order valence-corrected chi connectivity index (χ4v) is 3.13. The summed E-state index contributed by atoms with van der Waals surface area (Å²) in [5.74, 6) is 1.50. The van der Waals surface area contributed by atoms with Crippen molar-refractivity contribution in [2.75, 3.05) is 19.5 Å². The predicted molar refractivity (Wildman–Crippen MR) is 95.8 cm³/mol. The number of benzene rings is 2. The van der Waals surface area contributed by atoms with Crippen molar-refractivity contribution in [2.24, 2.45) is 0 Å². The summed E-state index contributed by atoms with van der Waals surface area (Å²) in [4.78, 5) is 0. The third kappa shape index (κ3) is 3.74. The monoisotopic (exact) mass is 417 g/mol. The molecule has 0 aromatic heterocycles. The van der Waals surface area contributed by atoms with Gasteiger partial charge >= 0.3 is 0 Å². The summed E-state index contributed by atoms with van der Waals surface area (Å²) < 4.78 is 11.7. The van der Waals surface area contributed by atoms with Gasteiger partial charge in [-0.15, -0.1) is 0 Å². The van der Waals surface area contributed by atoms with E-state index in [0.717, 1.165) is 36.9 Å². The third-order valence-corrected chi connectivity index (χ3v) is 4.45. The van der Waals surface area contributed by atoms with Crippen LogP contribution in [-0.4, -0.2) is 14.2 Å². The third-order valence-electron chi connectivity index (χ3n) is 3.24. The Bertz CT molecular complexity index is 646. The number of ether oxygens (including phenoxy) is 2. The van der Waals surface area contributed by atoms with Crippen LogP contribution in [0, 0.1) is 10.5 Å². The fraction of sp³-hybridized carbons (Fsp3) is 0.250. The van der Waals surface area contributed by atoms with Crippen molar-refractivity contribution in [3.8, 4) is 11.5 Å². The number of halogens is 2. The van der Waals surface area contributed by atoms with E-state index in [2.05, 4.69) is 34.0 Å². The first-order chi connectivity index (χ1) is 10.1. The highest BCUT2D eigenvalue weighted by atomic mass is 127. The SMILES string of the molecule is COc1cc(CNc2cccc(Cl)c2C)cc(I)c1OC. The van der Waals surface area contributed by atoms with Gasteiger partial charge in [0.25, 0.3) is 0 Å². The largest absolute Gasteiger partial charge is 0.493 e. The van der Waals surface area contributed by atoms with Crippen molar-refractivity contribution in [3.63, 3.8) is 0 Å². The molecular formula is C16H17ClINO2. The highest BCUT2D eigenvalue weighted by Crippen LogP contribution is 2.34. The maximum absolute atomic E-state index is 6.13. The molecule has 0 spiro atoms. The van der Waals surface area contributed by atoms with E-state index < -0.39 is 0 Å². The summed E-state index contributed by atoms with van der Waals surface area (Å²) in [5, 5.41) is 4.17. The van der Waals surface area contributed by atoms with Crippen LogP contribution in [0.25, 0.3) is 0 Å². The van der Waals surface area contributed by atoms with E-state index in [1.807, 2.05) is 31.2 Å². The van der Waals surface area contributed by atoms with Gasteiger partial charge in [-0.25, -0.2) is 0 Å². The molecule has 0 aliphatic carbocycles. The summed E-state index contributed by atoms with van der Waals surface area (Å²) in [5.41, 5.74) is 3.21. The Hall–Kier alpha value is -1.14. The van der Waals surface area contributed by atoms with Crippen LogP contribution in [-0.2, 0) is 6.54 Å². The lowest BCUT2D eigenvalue weighted by molar-refractivity contribution is 0.352. The molecule has 0 aliphatic heterocycles. The maximum atomic E-state index is 6.13. The quantitative estimate of drug-likeness (QED) is 0.703. The smallest absolute Gasteiger partial charge is 0.174 e. The van der Waals surface area contributed by atoms with E-state index in [-0.39, 0.29) is 0 Å². The number of rotatable bonds is 5. The van der Waals surface area contributed by atoms with Gasteiger partial charge in [-0.05, 0) is 64.9 Å². The zero-order valence-corrected chi connectivity index (χ0v) is 15.1. The van der Waals surface area contributed by atoms with Crippen LogP contribution in [0.15, 0.2) is 30.3 Å². The van der Waals surface area contributed by atoms with E-state index in [4.69, 9.17) is 21.1 Å². The summed E-state index contributed by atoms with van der Waals surface area (Å²) in [6, 6.07) is 9.91. The average molecular weight is 418 g/mol. The summed E-state index contributed by atoms with van der Waals surface area (Å²) in [6.45, 7) is 2.70. The van der Waals surface area contributed by atoms with E-state index in [1.165, 1.54) is 0 Å². The number of methoxy groups -OCH3 is 2. The first-order valence-corrected chi connectivity index (χ1v) is 7.92. The zero-order chi connectivity index (χ0) is 15.4. The average Bonchev–Trinajstić information content (AvgIpc) is 2.48. The van der Waals surface area contributed by atoms with Crippen LogP contribution in [0.4, 0.5) is 5.69 Å². The Kier molecular flexibility index (Phi) is 5.58. The van der Waals surface area contributed by atoms with E-state index >= 15 is 0 Å². The van der Waals surface area contributed by atoms with Crippen molar-refractivity contribution in [3.05, 3.63) is 50.1 Å². The zero-order valence-electron chi connectivity index (χ0n) is 12.2. The number of hydrogen-bond acceptors (Lipinski definition) is 3. The minimum absolute atomic E-state index is 0.692. The van der Waals surface area contributed by atoms with Gasteiger partial charge in [0, 0.05) is 17.3 Å². The Morgan fingerprint density at radius 1 is 1.19 bits per heavy atom. The molecule has 0 radical (unpaired) electrons. The van der Waals surface area contributed by atoms with Crippen molar-refractivity contribution in [1.29, 1.82) is 0 Å². The molecule has 3 nitrogen and oxygen atoms in total. The fourth-order valence-electron chi connectivity index (χ4n) is 2.07.